The smallest absolute Gasteiger partial charge is 0.304 e. The summed E-state index contributed by atoms with van der Waals surface area (Å²) in [5.74, 6) is 6.12. The Morgan fingerprint density at radius 3 is 2.37 bits per heavy atom. The van der Waals surface area contributed by atoms with Gasteiger partial charge >= 0.3 is 5.97 Å². The molecule has 1 saturated heterocycles. The number of carbonyl (C=O) groups is 1. The highest BCUT2D eigenvalue weighted by molar-refractivity contribution is 5.69. The van der Waals surface area contributed by atoms with Crippen LogP contribution in [-0.4, -0.2) is 29.1 Å². The van der Waals surface area contributed by atoms with E-state index in [-0.39, 0.29) is 12.3 Å². The van der Waals surface area contributed by atoms with Crippen LogP contribution in [0.15, 0.2) is 72.3 Å². The van der Waals surface area contributed by atoms with Gasteiger partial charge in [0.15, 0.2) is 0 Å². The van der Waals surface area contributed by atoms with E-state index in [1.165, 1.54) is 24.0 Å². The highest BCUT2D eigenvalue weighted by Gasteiger charge is 2.20. The minimum atomic E-state index is -0.849. The number of ether oxygens (including phenoxy) is 1. The first kappa shape index (κ1) is 26.3. The van der Waals surface area contributed by atoms with Gasteiger partial charge < -0.3 is 9.84 Å². The molecule has 2 aromatic rings. The molecule has 0 spiro atoms. The Morgan fingerprint density at radius 2 is 1.77 bits per heavy atom. The second kappa shape index (κ2) is 13.6. The fraction of sp³-hybridized carbons (Fsp3) is 0.387. The molecule has 0 saturated carbocycles. The van der Waals surface area contributed by atoms with Crippen molar-refractivity contribution < 1.29 is 14.6 Å². The second-order valence-corrected chi connectivity index (χ2v) is 9.21. The van der Waals surface area contributed by atoms with Crippen molar-refractivity contribution in [1.29, 1.82) is 0 Å². The van der Waals surface area contributed by atoms with E-state index < -0.39 is 5.97 Å². The van der Waals surface area contributed by atoms with Gasteiger partial charge in [0.1, 0.15) is 12.4 Å². The van der Waals surface area contributed by atoms with Gasteiger partial charge in [-0.25, -0.2) is 0 Å². The van der Waals surface area contributed by atoms with Crippen LogP contribution >= 0.6 is 0 Å². The van der Waals surface area contributed by atoms with Crippen LogP contribution in [0.25, 0.3) is 0 Å². The molecule has 4 heteroatoms. The van der Waals surface area contributed by atoms with Crippen LogP contribution in [0.1, 0.15) is 62.6 Å². The van der Waals surface area contributed by atoms with Crippen molar-refractivity contribution in [1.82, 2.24) is 4.90 Å². The number of rotatable bonds is 10. The van der Waals surface area contributed by atoms with Gasteiger partial charge in [-0.15, -0.1) is 5.92 Å². The van der Waals surface area contributed by atoms with Crippen molar-refractivity contribution in [2.45, 2.75) is 59.1 Å². The molecule has 1 aliphatic rings. The summed E-state index contributed by atoms with van der Waals surface area (Å²) >= 11 is 0. The Balaban J connectivity index is 1.47. The molecule has 4 nitrogen and oxygen atoms in total. The third-order valence-corrected chi connectivity index (χ3v) is 6.60. The number of aliphatic carboxylic acids is 1. The van der Waals surface area contributed by atoms with Crippen LogP contribution in [-0.2, 0) is 17.9 Å². The molecule has 1 aliphatic heterocycles. The molecule has 35 heavy (non-hydrogen) atoms. The summed E-state index contributed by atoms with van der Waals surface area (Å²) in [4.78, 5) is 13.6. The van der Waals surface area contributed by atoms with Crippen molar-refractivity contribution >= 4 is 5.97 Å². The highest BCUT2D eigenvalue weighted by Crippen LogP contribution is 2.26. The van der Waals surface area contributed by atoms with Gasteiger partial charge in [-0.3, -0.25) is 9.69 Å². The van der Waals surface area contributed by atoms with Crippen LogP contribution in [0.3, 0.4) is 0 Å². The van der Waals surface area contributed by atoms with E-state index in [2.05, 4.69) is 73.1 Å². The van der Waals surface area contributed by atoms with Crippen molar-refractivity contribution in [3.05, 3.63) is 89.0 Å². The number of benzene rings is 2. The maximum absolute atomic E-state index is 11.1. The van der Waals surface area contributed by atoms with E-state index in [0.717, 1.165) is 36.5 Å². The molecule has 1 fully saturated rings. The molecule has 1 heterocycles. The van der Waals surface area contributed by atoms with E-state index in [1.807, 2.05) is 24.3 Å². The average molecular weight is 472 g/mol. The summed E-state index contributed by atoms with van der Waals surface area (Å²) in [6.07, 6.45) is 8.94. The Hall–Kier alpha value is -3.29. The van der Waals surface area contributed by atoms with Crippen LogP contribution in [0.4, 0.5) is 0 Å². The number of piperidine rings is 1. The highest BCUT2D eigenvalue weighted by atomic mass is 16.5. The lowest BCUT2D eigenvalue weighted by Crippen LogP contribution is -2.33. The third-order valence-electron chi connectivity index (χ3n) is 6.60. The number of hydrogen-bond acceptors (Lipinski definition) is 3. The lowest BCUT2D eigenvalue weighted by molar-refractivity contribution is -0.137. The van der Waals surface area contributed by atoms with Gasteiger partial charge in [0.05, 0.1) is 12.3 Å². The summed E-state index contributed by atoms with van der Waals surface area (Å²) in [6, 6.07) is 16.2. The minimum Gasteiger partial charge on any atom is -0.489 e. The zero-order valence-corrected chi connectivity index (χ0v) is 21.2. The molecule has 0 aromatic heterocycles. The zero-order chi connectivity index (χ0) is 25.0. The predicted octanol–water partition coefficient (Wildman–Crippen LogP) is 6.58. The van der Waals surface area contributed by atoms with E-state index in [9.17, 15) is 4.79 Å². The SMILES string of the molecule is CC#CC(CC(=O)O)c1ccc(OCc2ccc(CN3CCC(/C(C)=C/C=C\C)CC3)cc2)cc1. The Labute approximate surface area is 210 Å². The summed E-state index contributed by atoms with van der Waals surface area (Å²) < 4.78 is 5.95. The van der Waals surface area contributed by atoms with Gasteiger partial charge in [0, 0.05) is 6.54 Å². The fourth-order valence-electron chi connectivity index (χ4n) is 4.49. The van der Waals surface area contributed by atoms with Crippen molar-refractivity contribution in [3.63, 3.8) is 0 Å². The lowest BCUT2D eigenvalue weighted by Gasteiger charge is -2.32. The molecule has 0 bridgehead atoms. The summed E-state index contributed by atoms with van der Waals surface area (Å²) in [6.45, 7) is 9.82. The number of carboxylic acid groups (broad SMARTS) is 1. The number of hydrogen-bond donors (Lipinski definition) is 1. The van der Waals surface area contributed by atoms with Crippen LogP contribution in [0, 0.1) is 17.8 Å². The van der Waals surface area contributed by atoms with Crippen molar-refractivity contribution in [2.24, 2.45) is 5.92 Å². The molecule has 1 unspecified atom stereocenters. The maximum atomic E-state index is 11.1. The largest absolute Gasteiger partial charge is 0.489 e. The van der Waals surface area contributed by atoms with E-state index in [1.54, 1.807) is 6.92 Å². The molecule has 2 aromatic carbocycles. The first-order chi connectivity index (χ1) is 17.0. The summed E-state index contributed by atoms with van der Waals surface area (Å²) in [5, 5.41) is 9.11. The molecule has 0 amide bonds. The molecule has 1 N–H and O–H groups in total. The second-order valence-electron chi connectivity index (χ2n) is 9.21. The van der Waals surface area contributed by atoms with Crippen molar-refractivity contribution in [3.8, 4) is 17.6 Å². The Bertz CT molecular complexity index is 1060. The third kappa shape index (κ3) is 8.46. The van der Waals surface area contributed by atoms with Crippen LogP contribution < -0.4 is 4.74 Å². The van der Waals surface area contributed by atoms with E-state index >= 15 is 0 Å². The molecule has 1 atom stereocenters. The number of allylic oxidation sites excluding steroid dienone is 4. The normalized spacial score (nSPS) is 16.0. The van der Waals surface area contributed by atoms with Gasteiger partial charge in [-0.1, -0.05) is 66.1 Å². The van der Waals surface area contributed by atoms with E-state index in [0.29, 0.717) is 12.5 Å². The van der Waals surface area contributed by atoms with Crippen molar-refractivity contribution in [2.75, 3.05) is 13.1 Å². The Morgan fingerprint density at radius 1 is 1.11 bits per heavy atom. The lowest BCUT2D eigenvalue weighted by atomic mass is 9.89. The monoisotopic (exact) mass is 471 g/mol. The first-order valence-electron chi connectivity index (χ1n) is 12.4. The quantitative estimate of drug-likeness (QED) is 0.314. The zero-order valence-electron chi connectivity index (χ0n) is 21.2. The average Bonchev–Trinajstić information content (AvgIpc) is 2.87. The topological polar surface area (TPSA) is 49.8 Å². The maximum Gasteiger partial charge on any atom is 0.304 e. The van der Waals surface area contributed by atoms with E-state index in [4.69, 9.17) is 9.84 Å². The molecule has 0 radical (unpaired) electrons. The van der Waals surface area contributed by atoms with Gasteiger partial charge in [-0.2, -0.15) is 0 Å². The summed E-state index contributed by atoms with van der Waals surface area (Å²) in [7, 11) is 0. The standard InChI is InChI=1S/C31H37NO3/c1-4-6-8-24(3)27-17-19-32(20-18-27)22-25-9-11-26(12-10-25)23-35-30-15-13-28(14-16-30)29(7-5-2)21-31(33)34/h4,6,8-16,27,29H,17-23H2,1-3H3,(H,33,34)/b6-4-,24-8+. The number of likely N-dealkylation sites (tertiary alicyclic amines) is 1. The van der Waals surface area contributed by atoms with Crippen LogP contribution in [0.2, 0.25) is 0 Å². The molecule has 0 aliphatic carbocycles. The predicted molar refractivity (Wildman–Crippen MR) is 142 cm³/mol. The van der Waals surface area contributed by atoms with Gasteiger partial charge in [0.25, 0.3) is 0 Å². The summed E-state index contributed by atoms with van der Waals surface area (Å²) in [5.41, 5.74) is 4.85. The number of carboxylic acids is 1. The van der Waals surface area contributed by atoms with Crippen LogP contribution in [0.5, 0.6) is 5.75 Å². The molecule has 184 valence electrons. The van der Waals surface area contributed by atoms with Gasteiger partial charge in [-0.05, 0) is 81.4 Å². The molecular formula is C31H37NO3. The fourth-order valence-corrected chi connectivity index (χ4v) is 4.49. The Kier molecular flexibility index (Phi) is 10.2. The molecule has 3 rings (SSSR count). The minimum absolute atomic E-state index is 0.00134. The van der Waals surface area contributed by atoms with Gasteiger partial charge in [0.2, 0.25) is 0 Å². The molecular weight excluding hydrogens is 434 g/mol. The first-order valence-corrected chi connectivity index (χ1v) is 12.4. The number of nitrogens with zero attached hydrogens (tertiary/aromatic N) is 1.